The van der Waals surface area contributed by atoms with Gasteiger partial charge in [0.2, 0.25) is 0 Å². The number of halogens is 2. The van der Waals surface area contributed by atoms with Crippen LogP contribution in [0.4, 0.5) is 8.78 Å². The van der Waals surface area contributed by atoms with Crippen molar-refractivity contribution in [2.45, 2.75) is 6.43 Å². The molecule has 0 saturated carbocycles. The van der Waals surface area contributed by atoms with Crippen LogP contribution in [0.1, 0.15) is 32.7 Å². The molecule has 0 aliphatic carbocycles. The van der Waals surface area contributed by atoms with Crippen LogP contribution in [-0.4, -0.2) is 19.4 Å². The van der Waals surface area contributed by atoms with E-state index in [1.54, 1.807) is 18.2 Å². The van der Waals surface area contributed by atoms with Crippen LogP contribution in [0.3, 0.4) is 0 Å². The average molecular weight is 290 g/mol. The van der Waals surface area contributed by atoms with Crippen molar-refractivity contribution in [1.29, 1.82) is 0 Å². The first-order valence-corrected chi connectivity index (χ1v) is 6.13. The highest BCUT2D eigenvalue weighted by molar-refractivity contribution is 5.91. The molecule has 5 heteroatoms. The fourth-order valence-electron chi connectivity index (χ4n) is 2.03. The lowest BCUT2D eigenvalue weighted by molar-refractivity contribution is 0.0600. The lowest BCUT2D eigenvalue weighted by Gasteiger charge is -2.11. The van der Waals surface area contributed by atoms with Gasteiger partial charge in [0, 0.05) is 11.1 Å². The minimum atomic E-state index is -2.75. The Bertz CT molecular complexity index is 681. The molecule has 3 nitrogen and oxygen atoms in total. The van der Waals surface area contributed by atoms with E-state index in [4.69, 9.17) is 0 Å². The van der Waals surface area contributed by atoms with Crippen molar-refractivity contribution in [2.75, 3.05) is 7.11 Å². The number of aldehydes is 1. The summed E-state index contributed by atoms with van der Waals surface area (Å²) in [7, 11) is 1.19. The Morgan fingerprint density at radius 1 is 1.19 bits per heavy atom. The average Bonchev–Trinajstić information content (AvgIpc) is 2.53. The Morgan fingerprint density at radius 3 is 2.57 bits per heavy atom. The lowest BCUT2D eigenvalue weighted by Crippen LogP contribution is -2.03. The number of methoxy groups -OCH3 is 1. The highest BCUT2D eigenvalue weighted by Crippen LogP contribution is 2.32. The van der Waals surface area contributed by atoms with Crippen LogP contribution in [0.2, 0.25) is 0 Å². The van der Waals surface area contributed by atoms with Crippen LogP contribution in [-0.2, 0) is 4.74 Å². The minimum absolute atomic E-state index is 0.0584. The first kappa shape index (κ1) is 14.8. The molecule has 0 amide bonds. The second-order valence-electron chi connectivity index (χ2n) is 4.34. The van der Waals surface area contributed by atoms with E-state index in [-0.39, 0.29) is 16.7 Å². The molecule has 2 aromatic rings. The molecule has 0 saturated heterocycles. The van der Waals surface area contributed by atoms with Crippen molar-refractivity contribution >= 4 is 12.3 Å². The molecule has 0 radical (unpaired) electrons. The van der Waals surface area contributed by atoms with Gasteiger partial charge in [-0.05, 0) is 29.3 Å². The summed E-state index contributed by atoms with van der Waals surface area (Å²) in [4.78, 5) is 22.2. The Hall–Kier alpha value is -2.56. The van der Waals surface area contributed by atoms with Gasteiger partial charge in [-0.25, -0.2) is 13.6 Å². The molecule has 0 atom stereocenters. The predicted molar refractivity (Wildman–Crippen MR) is 73.6 cm³/mol. The smallest absolute Gasteiger partial charge is 0.337 e. The minimum Gasteiger partial charge on any atom is -0.465 e. The molecular weight excluding hydrogens is 278 g/mol. The molecule has 0 heterocycles. The van der Waals surface area contributed by atoms with E-state index in [1.807, 2.05) is 0 Å². The van der Waals surface area contributed by atoms with E-state index in [0.29, 0.717) is 17.4 Å². The van der Waals surface area contributed by atoms with E-state index in [9.17, 15) is 18.4 Å². The number of alkyl halides is 2. The molecule has 0 spiro atoms. The molecule has 0 N–H and O–H groups in total. The maximum atomic E-state index is 13.2. The zero-order chi connectivity index (χ0) is 15.4. The Balaban J connectivity index is 2.57. The predicted octanol–water partition coefficient (Wildman–Crippen LogP) is 3.89. The van der Waals surface area contributed by atoms with Gasteiger partial charge in [-0.2, -0.15) is 0 Å². The van der Waals surface area contributed by atoms with Crippen LogP contribution in [0, 0.1) is 0 Å². The number of carbonyl (C=O) groups excluding carboxylic acids is 2. The number of ether oxygens (including phenoxy) is 1. The van der Waals surface area contributed by atoms with Crippen LogP contribution in [0.5, 0.6) is 0 Å². The highest BCUT2D eigenvalue weighted by atomic mass is 19.3. The monoisotopic (exact) mass is 290 g/mol. The van der Waals surface area contributed by atoms with Gasteiger partial charge in [0.1, 0.15) is 6.29 Å². The van der Waals surface area contributed by atoms with Crippen molar-refractivity contribution in [3.63, 3.8) is 0 Å². The molecule has 108 valence electrons. The van der Waals surface area contributed by atoms with E-state index in [1.165, 1.54) is 25.3 Å². The number of esters is 1. The summed E-state index contributed by atoms with van der Waals surface area (Å²) >= 11 is 0. The SMILES string of the molecule is COC(=O)c1ccc(-c2cccc(C=O)c2)c(C(F)F)c1. The van der Waals surface area contributed by atoms with E-state index < -0.39 is 12.4 Å². The maximum absolute atomic E-state index is 13.2. The molecule has 0 aromatic heterocycles. The second-order valence-corrected chi connectivity index (χ2v) is 4.34. The first-order chi connectivity index (χ1) is 10.1. The third-order valence-electron chi connectivity index (χ3n) is 3.04. The van der Waals surface area contributed by atoms with Gasteiger partial charge in [-0.15, -0.1) is 0 Å². The standard InChI is InChI=1S/C16H12F2O3/c1-21-16(20)12-5-6-13(14(8-12)15(17)18)11-4-2-3-10(7-11)9-19/h2-9,15H,1H3. The summed E-state index contributed by atoms with van der Waals surface area (Å²) in [6, 6.07) is 10.3. The normalized spacial score (nSPS) is 10.5. The molecule has 0 aliphatic heterocycles. The van der Waals surface area contributed by atoms with Gasteiger partial charge in [0.15, 0.2) is 0 Å². The lowest BCUT2D eigenvalue weighted by atomic mass is 9.96. The molecule has 0 aliphatic rings. The Labute approximate surface area is 120 Å². The summed E-state index contributed by atoms with van der Waals surface area (Å²) in [6.07, 6.45) is -2.10. The summed E-state index contributed by atoms with van der Waals surface area (Å²) in [6.45, 7) is 0. The molecule has 2 aromatic carbocycles. The molecular formula is C16H12F2O3. The van der Waals surface area contributed by atoms with Gasteiger partial charge in [0.05, 0.1) is 12.7 Å². The largest absolute Gasteiger partial charge is 0.465 e. The van der Waals surface area contributed by atoms with Crippen molar-refractivity contribution in [3.05, 3.63) is 59.2 Å². The molecule has 0 bridgehead atoms. The number of carbonyl (C=O) groups is 2. The van der Waals surface area contributed by atoms with Crippen molar-refractivity contribution in [1.82, 2.24) is 0 Å². The quantitative estimate of drug-likeness (QED) is 0.633. The van der Waals surface area contributed by atoms with Crippen LogP contribution in [0.15, 0.2) is 42.5 Å². The zero-order valence-corrected chi connectivity index (χ0v) is 11.2. The number of hydrogen-bond acceptors (Lipinski definition) is 3. The maximum Gasteiger partial charge on any atom is 0.337 e. The highest BCUT2D eigenvalue weighted by Gasteiger charge is 2.17. The van der Waals surface area contributed by atoms with Crippen LogP contribution >= 0.6 is 0 Å². The third-order valence-corrected chi connectivity index (χ3v) is 3.04. The van der Waals surface area contributed by atoms with Crippen LogP contribution in [0.25, 0.3) is 11.1 Å². The van der Waals surface area contributed by atoms with Crippen molar-refractivity contribution in [2.24, 2.45) is 0 Å². The third kappa shape index (κ3) is 3.13. The summed E-state index contributed by atoms with van der Waals surface area (Å²) in [5.74, 6) is -0.676. The Morgan fingerprint density at radius 2 is 1.95 bits per heavy atom. The Kier molecular flexibility index (Phi) is 4.42. The van der Waals surface area contributed by atoms with Crippen molar-refractivity contribution < 1.29 is 23.1 Å². The summed E-state index contributed by atoms with van der Waals surface area (Å²) in [5.41, 5.74) is 0.946. The van der Waals surface area contributed by atoms with Gasteiger partial charge < -0.3 is 4.74 Å². The fraction of sp³-hybridized carbons (Fsp3) is 0.125. The van der Waals surface area contributed by atoms with E-state index in [2.05, 4.69) is 4.74 Å². The van der Waals surface area contributed by atoms with Gasteiger partial charge >= 0.3 is 5.97 Å². The first-order valence-electron chi connectivity index (χ1n) is 6.13. The zero-order valence-electron chi connectivity index (χ0n) is 11.2. The molecule has 0 fully saturated rings. The fourth-order valence-corrected chi connectivity index (χ4v) is 2.03. The van der Waals surface area contributed by atoms with Crippen LogP contribution < -0.4 is 0 Å². The number of rotatable bonds is 4. The molecule has 0 unspecified atom stereocenters. The van der Waals surface area contributed by atoms with E-state index >= 15 is 0 Å². The van der Waals surface area contributed by atoms with Crippen molar-refractivity contribution in [3.8, 4) is 11.1 Å². The molecule has 21 heavy (non-hydrogen) atoms. The number of benzene rings is 2. The van der Waals surface area contributed by atoms with E-state index in [0.717, 1.165) is 6.07 Å². The van der Waals surface area contributed by atoms with Gasteiger partial charge in [-0.3, -0.25) is 4.79 Å². The van der Waals surface area contributed by atoms with Gasteiger partial charge in [0.25, 0.3) is 6.43 Å². The molecule has 2 rings (SSSR count). The second kappa shape index (κ2) is 6.26. The van der Waals surface area contributed by atoms with Gasteiger partial charge in [-0.1, -0.05) is 24.3 Å². The summed E-state index contributed by atoms with van der Waals surface area (Å²) < 4.78 is 31.0. The number of hydrogen-bond donors (Lipinski definition) is 0. The topological polar surface area (TPSA) is 43.4 Å². The summed E-state index contributed by atoms with van der Waals surface area (Å²) in [5, 5.41) is 0.